The van der Waals surface area contributed by atoms with Gasteiger partial charge in [-0.25, -0.2) is 4.79 Å². The zero-order valence-corrected chi connectivity index (χ0v) is 12.0. The van der Waals surface area contributed by atoms with Crippen LogP contribution in [0.1, 0.15) is 40.5 Å². The van der Waals surface area contributed by atoms with Crippen LogP contribution in [-0.4, -0.2) is 33.3 Å². The fraction of sp³-hybridized carbons (Fsp3) is 0.750. The first-order valence-corrected chi connectivity index (χ1v) is 7.05. The average Bonchev–Trinajstić information content (AvgIpc) is 2.56. The maximum Gasteiger partial charge on any atom is 0.335 e. The number of imide groups is 1. The lowest BCUT2D eigenvalue weighted by atomic mass is 10.2. The van der Waals surface area contributed by atoms with Crippen molar-refractivity contribution in [3.05, 3.63) is 0 Å². The Morgan fingerprint density at radius 2 is 2.06 bits per heavy atom. The first-order chi connectivity index (χ1) is 8.36. The highest BCUT2D eigenvalue weighted by Crippen LogP contribution is 2.29. The van der Waals surface area contributed by atoms with E-state index in [1.165, 1.54) is 11.8 Å². The summed E-state index contributed by atoms with van der Waals surface area (Å²) in [6, 6.07) is 0. The van der Waals surface area contributed by atoms with Crippen molar-refractivity contribution in [2.45, 2.75) is 51.0 Å². The number of carbonyl (C=O) groups excluding carboxylic acids is 3. The molecular weight excluding hydrogens is 254 g/mol. The fourth-order valence-corrected chi connectivity index (χ4v) is 2.56. The molecule has 0 aliphatic carbocycles. The van der Waals surface area contributed by atoms with E-state index in [4.69, 9.17) is 4.84 Å². The molecule has 18 heavy (non-hydrogen) atoms. The van der Waals surface area contributed by atoms with E-state index < -0.39 is 23.0 Å². The molecule has 102 valence electrons. The molecule has 0 bridgehead atoms. The smallest absolute Gasteiger partial charge is 0.330 e. The molecule has 2 atom stereocenters. The van der Waals surface area contributed by atoms with Gasteiger partial charge in [-0.2, -0.15) is 0 Å². The number of hydroxylamine groups is 2. The number of nitrogens with zero attached hydrogens (tertiary/aromatic N) is 1. The topological polar surface area (TPSA) is 63.7 Å². The van der Waals surface area contributed by atoms with Crippen LogP contribution in [0.25, 0.3) is 0 Å². The summed E-state index contributed by atoms with van der Waals surface area (Å²) in [5, 5.41) is 0.502. The van der Waals surface area contributed by atoms with Crippen molar-refractivity contribution >= 4 is 29.5 Å². The minimum atomic E-state index is -0.564. The van der Waals surface area contributed by atoms with Gasteiger partial charge in [0, 0.05) is 5.25 Å². The summed E-state index contributed by atoms with van der Waals surface area (Å²) < 4.78 is 0. The molecule has 1 aliphatic heterocycles. The second kappa shape index (κ2) is 6.22. The molecule has 2 unspecified atom stereocenters. The number of carbonyl (C=O) groups is 3. The molecule has 0 saturated carbocycles. The highest BCUT2D eigenvalue weighted by molar-refractivity contribution is 8.01. The Hall–Kier alpha value is -1.04. The van der Waals surface area contributed by atoms with Gasteiger partial charge in [-0.15, -0.1) is 16.8 Å². The van der Waals surface area contributed by atoms with Crippen LogP contribution in [-0.2, 0) is 19.2 Å². The Balaban J connectivity index is 2.64. The van der Waals surface area contributed by atoms with Gasteiger partial charge in [0.2, 0.25) is 0 Å². The highest BCUT2D eigenvalue weighted by atomic mass is 32.2. The van der Waals surface area contributed by atoms with E-state index in [1.807, 2.05) is 13.8 Å². The lowest BCUT2D eigenvalue weighted by Gasteiger charge is -2.16. The summed E-state index contributed by atoms with van der Waals surface area (Å²) in [5.41, 5.74) is 0. The molecule has 0 radical (unpaired) electrons. The molecule has 0 aromatic heterocycles. The largest absolute Gasteiger partial charge is 0.335 e. The number of amides is 2. The van der Waals surface area contributed by atoms with E-state index in [0.717, 1.165) is 6.42 Å². The van der Waals surface area contributed by atoms with Gasteiger partial charge in [-0.05, 0) is 6.42 Å². The minimum absolute atomic E-state index is 0.110. The molecule has 2 amide bonds. The second-order valence-electron chi connectivity index (χ2n) is 4.64. The van der Waals surface area contributed by atoms with Gasteiger partial charge in [-0.1, -0.05) is 27.7 Å². The van der Waals surface area contributed by atoms with E-state index >= 15 is 0 Å². The van der Waals surface area contributed by atoms with Gasteiger partial charge in [0.05, 0.1) is 17.6 Å². The Labute approximate surface area is 111 Å². The van der Waals surface area contributed by atoms with Crippen LogP contribution in [0.5, 0.6) is 0 Å². The Morgan fingerprint density at radius 3 is 2.56 bits per heavy atom. The number of hydrogen-bond acceptors (Lipinski definition) is 5. The van der Waals surface area contributed by atoms with Gasteiger partial charge >= 0.3 is 5.97 Å². The van der Waals surface area contributed by atoms with Crippen LogP contribution < -0.4 is 0 Å². The highest BCUT2D eigenvalue weighted by Gasteiger charge is 2.42. The standard InChI is InChI=1S/C12H19NO4S/c1-5-8(4)18-9-6-10(14)13(11(9)15)17-12(16)7(2)3/h7-9H,5-6H2,1-4H3. The molecule has 1 aliphatic rings. The molecule has 5 nitrogen and oxygen atoms in total. The molecule has 0 aromatic carbocycles. The number of rotatable bonds is 5. The molecule has 1 rings (SSSR count). The lowest BCUT2D eigenvalue weighted by Crippen LogP contribution is -2.35. The van der Waals surface area contributed by atoms with E-state index in [1.54, 1.807) is 13.8 Å². The molecule has 0 aromatic rings. The monoisotopic (exact) mass is 273 g/mol. The van der Waals surface area contributed by atoms with Crippen LogP contribution in [0.2, 0.25) is 0 Å². The molecule has 1 heterocycles. The van der Waals surface area contributed by atoms with Crippen LogP contribution in [0.4, 0.5) is 0 Å². The third kappa shape index (κ3) is 3.48. The Bertz CT molecular complexity index is 356. The van der Waals surface area contributed by atoms with Crippen LogP contribution in [0.15, 0.2) is 0 Å². The van der Waals surface area contributed by atoms with Crippen LogP contribution in [0.3, 0.4) is 0 Å². The van der Waals surface area contributed by atoms with E-state index in [-0.39, 0.29) is 12.3 Å². The Kier molecular flexibility index (Phi) is 5.19. The van der Waals surface area contributed by atoms with Gasteiger partial charge in [0.1, 0.15) is 0 Å². The average molecular weight is 273 g/mol. The van der Waals surface area contributed by atoms with Crippen molar-refractivity contribution in [1.29, 1.82) is 0 Å². The van der Waals surface area contributed by atoms with E-state index in [9.17, 15) is 14.4 Å². The number of thioether (sulfide) groups is 1. The number of hydrogen-bond donors (Lipinski definition) is 0. The van der Waals surface area contributed by atoms with Gasteiger partial charge in [0.15, 0.2) is 0 Å². The lowest BCUT2D eigenvalue weighted by molar-refractivity contribution is -0.199. The first-order valence-electron chi connectivity index (χ1n) is 6.10. The summed E-state index contributed by atoms with van der Waals surface area (Å²) in [7, 11) is 0. The minimum Gasteiger partial charge on any atom is -0.330 e. The maximum atomic E-state index is 11.9. The third-order valence-electron chi connectivity index (χ3n) is 2.69. The molecule has 1 fully saturated rings. The maximum absolute atomic E-state index is 11.9. The summed E-state index contributed by atoms with van der Waals surface area (Å²) in [6.45, 7) is 7.33. The summed E-state index contributed by atoms with van der Waals surface area (Å²) in [5.74, 6) is -1.79. The van der Waals surface area contributed by atoms with Gasteiger partial charge in [-0.3, -0.25) is 9.59 Å². The van der Waals surface area contributed by atoms with Crippen molar-refractivity contribution in [3.63, 3.8) is 0 Å². The Morgan fingerprint density at radius 1 is 1.44 bits per heavy atom. The molecule has 0 N–H and O–H groups in total. The predicted octanol–water partition coefficient (Wildman–Crippen LogP) is 1.76. The summed E-state index contributed by atoms with van der Waals surface area (Å²) in [6.07, 6.45) is 1.04. The molecule has 6 heteroatoms. The molecule has 1 saturated heterocycles. The van der Waals surface area contributed by atoms with Gasteiger partial charge in [0.25, 0.3) is 11.8 Å². The SMILES string of the molecule is CCC(C)SC1CC(=O)N(OC(=O)C(C)C)C1=O. The fourth-order valence-electron chi connectivity index (χ4n) is 1.36. The van der Waals surface area contributed by atoms with Crippen molar-refractivity contribution in [3.8, 4) is 0 Å². The van der Waals surface area contributed by atoms with Crippen LogP contribution in [0, 0.1) is 5.92 Å². The molecular formula is C12H19NO4S. The first kappa shape index (κ1) is 15.0. The zero-order chi connectivity index (χ0) is 13.9. The van der Waals surface area contributed by atoms with Gasteiger partial charge < -0.3 is 4.84 Å². The van der Waals surface area contributed by atoms with E-state index in [0.29, 0.717) is 10.3 Å². The third-order valence-corrected chi connectivity index (χ3v) is 4.18. The quantitative estimate of drug-likeness (QED) is 0.714. The van der Waals surface area contributed by atoms with Crippen molar-refractivity contribution in [1.82, 2.24) is 5.06 Å². The zero-order valence-electron chi connectivity index (χ0n) is 11.1. The summed E-state index contributed by atoms with van der Waals surface area (Å²) in [4.78, 5) is 39.8. The second-order valence-corrected chi connectivity index (χ2v) is 6.29. The van der Waals surface area contributed by atoms with Crippen molar-refractivity contribution < 1.29 is 19.2 Å². The summed E-state index contributed by atoms with van der Waals surface area (Å²) >= 11 is 1.45. The van der Waals surface area contributed by atoms with Crippen molar-refractivity contribution in [2.24, 2.45) is 5.92 Å². The van der Waals surface area contributed by atoms with Crippen LogP contribution >= 0.6 is 11.8 Å². The predicted molar refractivity (Wildman–Crippen MR) is 68.5 cm³/mol. The van der Waals surface area contributed by atoms with E-state index in [2.05, 4.69) is 0 Å². The molecule has 0 spiro atoms. The normalized spacial score (nSPS) is 21.6. The van der Waals surface area contributed by atoms with Crippen molar-refractivity contribution in [2.75, 3.05) is 0 Å².